The van der Waals surface area contributed by atoms with E-state index in [4.69, 9.17) is 22.4 Å². The van der Waals surface area contributed by atoms with Crippen LogP contribution in [-0.2, 0) is 17.5 Å². The summed E-state index contributed by atoms with van der Waals surface area (Å²) in [6, 6.07) is 3.26. The summed E-state index contributed by atoms with van der Waals surface area (Å²) in [6.07, 6.45) is 2.38. The second-order valence-corrected chi connectivity index (χ2v) is 8.24. The second kappa shape index (κ2) is 8.50. The number of nitrogens with zero attached hydrogens (tertiary/aromatic N) is 4. The highest BCUT2D eigenvalue weighted by molar-refractivity contribution is 6.40. The van der Waals surface area contributed by atoms with Gasteiger partial charge < -0.3 is 9.80 Å². The maximum atomic E-state index is 13.3. The Hall–Kier alpha value is -3.01. The predicted molar refractivity (Wildman–Crippen MR) is 111 cm³/mol. The van der Waals surface area contributed by atoms with E-state index >= 15 is 0 Å². The Morgan fingerprint density at radius 3 is 2.59 bits per heavy atom. The number of rotatable bonds is 4. The molecule has 1 saturated heterocycles. The van der Waals surface area contributed by atoms with Crippen molar-refractivity contribution in [3.05, 3.63) is 58.6 Å². The van der Waals surface area contributed by atoms with Gasteiger partial charge in [-0.15, -0.1) is 0 Å². The van der Waals surface area contributed by atoms with Crippen LogP contribution in [0.25, 0.3) is 0 Å². The molecular weight excluding hydrogens is 445 g/mol. The van der Waals surface area contributed by atoms with Gasteiger partial charge in [-0.2, -0.15) is 13.2 Å². The van der Waals surface area contributed by atoms with Crippen LogP contribution >= 0.6 is 11.6 Å². The average Bonchev–Trinajstić information content (AvgIpc) is 2.72. The molecule has 1 aliphatic heterocycles. The molecule has 4 rings (SSSR count). The number of carbonyl (C=O) groups is 1. The first-order valence-corrected chi connectivity index (χ1v) is 10.4. The molecule has 7 nitrogen and oxygen atoms in total. The normalized spacial score (nSPS) is 19.8. The highest BCUT2D eigenvalue weighted by atomic mass is 35.5. The fourth-order valence-electron chi connectivity index (χ4n) is 4.06. The largest absolute Gasteiger partial charge is 0.417 e. The van der Waals surface area contributed by atoms with Gasteiger partial charge in [0.25, 0.3) is 5.91 Å². The van der Waals surface area contributed by atoms with E-state index < -0.39 is 28.5 Å². The maximum absolute atomic E-state index is 13.3. The van der Waals surface area contributed by atoms with Crippen molar-refractivity contribution >= 4 is 29.2 Å². The highest BCUT2D eigenvalue weighted by Gasteiger charge is 2.44. The van der Waals surface area contributed by atoms with Gasteiger partial charge in [0.15, 0.2) is 11.7 Å². The Morgan fingerprint density at radius 1 is 1.25 bits per heavy atom. The summed E-state index contributed by atoms with van der Waals surface area (Å²) in [7, 11) is 0. The van der Waals surface area contributed by atoms with Crippen LogP contribution in [0.2, 0.25) is 5.02 Å². The van der Waals surface area contributed by atoms with Crippen molar-refractivity contribution in [2.24, 2.45) is 5.92 Å². The molecule has 0 bridgehead atoms. The van der Waals surface area contributed by atoms with Gasteiger partial charge in [0.2, 0.25) is 0 Å². The van der Waals surface area contributed by atoms with Gasteiger partial charge in [0, 0.05) is 25.5 Å². The van der Waals surface area contributed by atoms with E-state index in [2.05, 4.69) is 9.97 Å². The summed E-state index contributed by atoms with van der Waals surface area (Å²) >= 11 is 6.06. The fourth-order valence-corrected chi connectivity index (χ4v) is 4.36. The van der Waals surface area contributed by atoms with Crippen LogP contribution in [0.4, 0.5) is 13.2 Å². The van der Waals surface area contributed by atoms with E-state index in [-0.39, 0.29) is 42.1 Å². The van der Waals surface area contributed by atoms with Crippen LogP contribution in [-0.4, -0.2) is 49.9 Å². The van der Waals surface area contributed by atoms with Gasteiger partial charge in [-0.05, 0) is 30.4 Å². The molecule has 168 valence electrons. The molecule has 2 N–H and O–H groups in total. The summed E-state index contributed by atoms with van der Waals surface area (Å²) in [5.41, 5.74) is -0.557. The lowest BCUT2D eigenvalue weighted by atomic mass is 9.78. The number of nitrogens with one attached hydrogen (secondary N) is 2. The third kappa shape index (κ3) is 4.06. The molecule has 0 radical (unpaired) electrons. The number of amides is 1. The Morgan fingerprint density at radius 2 is 2.00 bits per heavy atom. The van der Waals surface area contributed by atoms with Gasteiger partial charge in [-0.25, -0.2) is 4.98 Å². The predicted octanol–water partition coefficient (Wildman–Crippen LogP) is 3.96. The van der Waals surface area contributed by atoms with Crippen LogP contribution in [0, 0.1) is 16.7 Å². The van der Waals surface area contributed by atoms with Crippen LogP contribution < -0.4 is 0 Å². The van der Waals surface area contributed by atoms with Crippen molar-refractivity contribution in [1.29, 1.82) is 10.8 Å². The van der Waals surface area contributed by atoms with Gasteiger partial charge in [-0.1, -0.05) is 30.2 Å². The molecule has 2 aliphatic rings. The third-order valence-electron chi connectivity index (χ3n) is 6.00. The zero-order valence-electron chi connectivity index (χ0n) is 16.9. The lowest BCUT2D eigenvalue weighted by molar-refractivity contribution is -0.137. The average molecular weight is 465 g/mol. The van der Waals surface area contributed by atoms with Crippen molar-refractivity contribution < 1.29 is 18.0 Å². The van der Waals surface area contributed by atoms with Crippen molar-refractivity contribution in [2.45, 2.75) is 38.0 Å². The minimum Gasteiger partial charge on any atom is -0.327 e. The summed E-state index contributed by atoms with van der Waals surface area (Å²) in [4.78, 5) is 23.9. The zero-order valence-corrected chi connectivity index (χ0v) is 17.6. The molecular formula is C21H20ClF3N6O. The molecule has 1 aromatic carbocycles. The minimum atomic E-state index is -4.61. The van der Waals surface area contributed by atoms with Crippen molar-refractivity contribution in [1.82, 2.24) is 19.8 Å². The molecule has 1 saturated carbocycles. The summed E-state index contributed by atoms with van der Waals surface area (Å²) in [6.45, 7) is 0.0404. The van der Waals surface area contributed by atoms with Crippen LogP contribution in [0.1, 0.15) is 36.1 Å². The lowest BCUT2D eigenvalue weighted by Gasteiger charge is -2.47. The van der Waals surface area contributed by atoms with Crippen molar-refractivity contribution in [3.8, 4) is 0 Å². The first-order valence-electron chi connectivity index (χ1n) is 10.0. The molecule has 1 amide bonds. The SMILES string of the molecule is N=C1C(=O)N(Cc2cccc(C(F)(F)F)c2Cl)C(C2CCC2)CN1C(=N)c1cnccn1. The molecule has 1 aliphatic carbocycles. The van der Waals surface area contributed by atoms with Crippen LogP contribution in [0.5, 0.6) is 0 Å². The first-order chi connectivity index (χ1) is 15.2. The molecule has 0 spiro atoms. The zero-order chi connectivity index (χ0) is 23.0. The number of carbonyl (C=O) groups excluding carboxylic acids is 1. The third-order valence-corrected chi connectivity index (χ3v) is 6.44. The standard InChI is InChI=1S/C21H20ClF3N6O/c22-17-13(5-2-6-14(17)21(23,24)25)10-30-16(12-3-1-4-12)11-31(19(27)20(30)32)18(26)15-9-28-7-8-29-15/h2,5-9,12,16,26-27H,1,3-4,10-11H2. The van der Waals surface area contributed by atoms with Crippen LogP contribution in [0.15, 0.2) is 36.8 Å². The highest BCUT2D eigenvalue weighted by Crippen LogP contribution is 2.39. The number of aromatic nitrogens is 2. The number of hydrogen-bond acceptors (Lipinski definition) is 5. The molecule has 11 heteroatoms. The topological polar surface area (TPSA) is 97.0 Å². The number of piperazine rings is 1. The molecule has 2 heterocycles. The van der Waals surface area contributed by atoms with Gasteiger partial charge >= 0.3 is 6.18 Å². The van der Waals surface area contributed by atoms with E-state index in [1.165, 1.54) is 40.5 Å². The van der Waals surface area contributed by atoms with E-state index in [9.17, 15) is 18.0 Å². The number of hydrogen-bond donors (Lipinski definition) is 2. The summed E-state index contributed by atoms with van der Waals surface area (Å²) < 4.78 is 39.8. The van der Waals surface area contributed by atoms with Gasteiger partial charge in [0.05, 0.1) is 22.8 Å². The molecule has 1 unspecified atom stereocenters. The number of alkyl halides is 3. The van der Waals surface area contributed by atoms with Gasteiger partial charge in [0.1, 0.15) is 5.69 Å². The Balaban J connectivity index is 1.64. The molecule has 1 aromatic heterocycles. The van der Waals surface area contributed by atoms with Crippen molar-refractivity contribution in [3.63, 3.8) is 0 Å². The lowest BCUT2D eigenvalue weighted by Crippen LogP contribution is -2.63. The first kappa shape index (κ1) is 22.2. The van der Waals surface area contributed by atoms with E-state index in [0.29, 0.717) is 0 Å². The Labute approximate surface area is 187 Å². The maximum Gasteiger partial charge on any atom is 0.417 e. The summed E-state index contributed by atoms with van der Waals surface area (Å²) in [5, 5.41) is 16.4. The van der Waals surface area contributed by atoms with E-state index in [1.807, 2.05) is 0 Å². The monoisotopic (exact) mass is 464 g/mol. The van der Waals surface area contributed by atoms with Crippen LogP contribution in [0.3, 0.4) is 0 Å². The fraction of sp³-hybridized carbons (Fsp3) is 0.381. The smallest absolute Gasteiger partial charge is 0.327 e. The van der Waals surface area contributed by atoms with E-state index in [0.717, 1.165) is 25.3 Å². The second-order valence-electron chi connectivity index (χ2n) is 7.87. The number of amidine groups is 2. The number of benzene rings is 1. The Bertz CT molecular complexity index is 1060. The number of halogens is 4. The minimum absolute atomic E-state index is 0.113. The van der Waals surface area contributed by atoms with E-state index in [1.54, 1.807) is 0 Å². The molecule has 2 aromatic rings. The quantitative estimate of drug-likeness (QED) is 0.528. The molecule has 32 heavy (non-hydrogen) atoms. The van der Waals surface area contributed by atoms with Gasteiger partial charge in [-0.3, -0.25) is 20.6 Å². The summed E-state index contributed by atoms with van der Waals surface area (Å²) in [5.74, 6) is -1.07. The Kier molecular flexibility index (Phi) is 5.89. The van der Waals surface area contributed by atoms with Crippen molar-refractivity contribution in [2.75, 3.05) is 6.54 Å². The molecule has 1 atom stereocenters. The molecule has 2 fully saturated rings.